The number of hydrogen-bond donors (Lipinski definition) is 3. The number of amides is 1. The lowest BCUT2D eigenvalue weighted by Gasteiger charge is -2.35. The van der Waals surface area contributed by atoms with Crippen LogP contribution in [0.2, 0.25) is 0 Å². The van der Waals surface area contributed by atoms with Gasteiger partial charge in [0.15, 0.2) is 0 Å². The van der Waals surface area contributed by atoms with Crippen LogP contribution in [0, 0.1) is 5.41 Å². The number of hydrogen-bond acceptors (Lipinski definition) is 4. The number of imidazole rings is 1. The maximum absolute atomic E-state index is 12.7. The molecule has 1 unspecified atom stereocenters. The number of rotatable bonds is 4. The Kier molecular flexibility index (Phi) is 4.13. The van der Waals surface area contributed by atoms with E-state index in [1.807, 2.05) is 31.2 Å². The summed E-state index contributed by atoms with van der Waals surface area (Å²) in [5, 5.41) is 3.05. The number of nitrogens with two attached hydrogens (primary N) is 1. The van der Waals surface area contributed by atoms with Crippen LogP contribution < -0.4 is 11.1 Å². The van der Waals surface area contributed by atoms with Crippen LogP contribution in [0.25, 0.3) is 11.0 Å². The SMILES string of the molecule is CC(NC(=O)C1(CN)CCOCC1)c1nc2ccccc2[nH]1. The van der Waals surface area contributed by atoms with E-state index in [9.17, 15) is 4.79 Å². The van der Waals surface area contributed by atoms with Crippen molar-refractivity contribution in [2.24, 2.45) is 11.1 Å². The van der Waals surface area contributed by atoms with Crippen LogP contribution in [0.3, 0.4) is 0 Å². The first-order valence-electron chi connectivity index (χ1n) is 7.68. The first-order valence-corrected chi connectivity index (χ1v) is 7.68. The number of carbonyl (C=O) groups is 1. The van der Waals surface area contributed by atoms with Crippen LogP contribution in [0.5, 0.6) is 0 Å². The van der Waals surface area contributed by atoms with Gasteiger partial charge in [0, 0.05) is 19.8 Å². The standard InChI is InChI=1S/C16H22N4O2/c1-11(14-19-12-4-2-3-5-13(12)20-14)18-15(21)16(10-17)6-8-22-9-7-16/h2-5,11H,6-10,17H2,1H3,(H,18,21)(H,19,20). The zero-order valence-electron chi connectivity index (χ0n) is 12.8. The van der Waals surface area contributed by atoms with Gasteiger partial charge >= 0.3 is 0 Å². The van der Waals surface area contributed by atoms with Gasteiger partial charge in [0.1, 0.15) is 5.82 Å². The fourth-order valence-electron chi connectivity index (χ4n) is 2.88. The lowest BCUT2D eigenvalue weighted by molar-refractivity contribution is -0.136. The molecule has 6 heteroatoms. The van der Waals surface area contributed by atoms with E-state index in [1.165, 1.54) is 0 Å². The van der Waals surface area contributed by atoms with Crippen molar-refractivity contribution in [2.75, 3.05) is 19.8 Å². The molecule has 0 bridgehead atoms. The van der Waals surface area contributed by atoms with Crippen molar-refractivity contribution in [3.05, 3.63) is 30.1 Å². The Balaban J connectivity index is 1.75. The number of nitrogens with zero attached hydrogens (tertiary/aromatic N) is 1. The van der Waals surface area contributed by atoms with Crippen molar-refractivity contribution in [1.29, 1.82) is 0 Å². The molecule has 0 radical (unpaired) electrons. The number of H-pyrrole nitrogens is 1. The number of carbonyl (C=O) groups excluding carboxylic acids is 1. The molecule has 1 amide bonds. The molecule has 22 heavy (non-hydrogen) atoms. The minimum atomic E-state index is -0.515. The second kappa shape index (κ2) is 6.06. The average Bonchev–Trinajstić information content (AvgIpc) is 2.99. The zero-order chi connectivity index (χ0) is 15.6. The first-order chi connectivity index (χ1) is 10.6. The summed E-state index contributed by atoms with van der Waals surface area (Å²) in [5.41, 5.74) is 7.23. The lowest BCUT2D eigenvalue weighted by Crippen LogP contribution is -2.49. The predicted octanol–water partition coefficient (Wildman–Crippen LogP) is 1.50. The Morgan fingerprint density at radius 1 is 1.45 bits per heavy atom. The van der Waals surface area contributed by atoms with Crippen LogP contribution in [0.1, 0.15) is 31.6 Å². The topological polar surface area (TPSA) is 93.0 Å². The molecule has 1 aliphatic rings. The highest BCUT2D eigenvalue weighted by molar-refractivity contribution is 5.83. The molecule has 0 aliphatic carbocycles. The van der Waals surface area contributed by atoms with Gasteiger partial charge in [-0.2, -0.15) is 0 Å². The van der Waals surface area contributed by atoms with Crippen LogP contribution in [0.15, 0.2) is 24.3 Å². The molecule has 1 atom stereocenters. The Morgan fingerprint density at radius 2 is 2.18 bits per heavy atom. The van der Waals surface area contributed by atoms with E-state index in [-0.39, 0.29) is 11.9 Å². The Bertz CT molecular complexity index is 628. The molecule has 3 rings (SSSR count). The summed E-state index contributed by atoms with van der Waals surface area (Å²) in [5.74, 6) is 0.750. The molecule has 2 heterocycles. The number of aromatic nitrogens is 2. The van der Waals surface area contributed by atoms with E-state index in [0.717, 1.165) is 16.9 Å². The minimum absolute atomic E-state index is 0.00810. The summed E-state index contributed by atoms with van der Waals surface area (Å²) in [6.45, 7) is 3.45. The van der Waals surface area contributed by atoms with Crippen molar-refractivity contribution < 1.29 is 9.53 Å². The molecule has 4 N–H and O–H groups in total. The molecule has 2 aromatic rings. The van der Waals surface area contributed by atoms with Gasteiger partial charge in [-0.25, -0.2) is 4.98 Å². The van der Waals surface area contributed by atoms with Crippen LogP contribution in [-0.2, 0) is 9.53 Å². The van der Waals surface area contributed by atoms with Crippen molar-refractivity contribution in [3.63, 3.8) is 0 Å². The predicted molar refractivity (Wildman–Crippen MR) is 84.2 cm³/mol. The average molecular weight is 302 g/mol. The molecule has 1 fully saturated rings. The highest BCUT2D eigenvalue weighted by Gasteiger charge is 2.39. The number of benzene rings is 1. The van der Waals surface area contributed by atoms with Gasteiger partial charge in [0.2, 0.25) is 5.91 Å². The Morgan fingerprint density at radius 3 is 2.86 bits per heavy atom. The minimum Gasteiger partial charge on any atom is -0.381 e. The maximum atomic E-state index is 12.7. The van der Waals surface area contributed by atoms with E-state index < -0.39 is 5.41 Å². The Labute approximate surface area is 129 Å². The summed E-state index contributed by atoms with van der Waals surface area (Å²) in [6.07, 6.45) is 1.34. The quantitative estimate of drug-likeness (QED) is 0.798. The van der Waals surface area contributed by atoms with Gasteiger partial charge in [0.25, 0.3) is 0 Å². The fourth-order valence-corrected chi connectivity index (χ4v) is 2.88. The monoisotopic (exact) mass is 302 g/mol. The third kappa shape index (κ3) is 2.71. The molecular formula is C16H22N4O2. The number of ether oxygens (including phenoxy) is 1. The summed E-state index contributed by atoms with van der Waals surface area (Å²) in [6, 6.07) is 7.64. The maximum Gasteiger partial charge on any atom is 0.228 e. The van der Waals surface area contributed by atoms with Crippen molar-refractivity contribution in [3.8, 4) is 0 Å². The van der Waals surface area contributed by atoms with Gasteiger partial charge in [-0.3, -0.25) is 4.79 Å². The van der Waals surface area contributed by atoms with Crippen molar-refractivity contribution in [1.82, 2.24) is 15.3 Å². The third-order valence-electron chi connectivity index (χ3n) is 4.49. The molecule has 1 aliphatic heterocycles. The highest BCUT2D eigenvalue weighted by Crippen LogP contribution is 2.30. The van der Waals surface area contributed by atoms with Gasteiger partial charge in [-0.1, -0.05) is 12.1 Å². The normalized spacial score (nSPS) is 19.0. The number of aromatic amines is 1. The number of fused-ring (bicyclic) bond motifs is 1. The van der Waals surface area contributed by atoms with Crippen molar-refractivity contribution in [2.45, 2.75) is 25.8 Å². The van der Waals surface area contributed by atoms with E-state index >= 15 is 0 Å². The highest BCUT2D eigenvalue weighted by atomic mass is 16.5. The molecule has 1 aromatic heterocycles. The molecular weight excluding hydrogens is 280 g/mol. The fraction of sp³-hybridized carbons (Fsp3) is 0.500. The van der Waals surface area contributed by atoms with Crippen LogP contribution >= 0.6 is 0 Å². The lowest BCUT2D eigenvalue weighted by atomic mass is 9.79. The van der Waals surface area contributed by atoms with Crippen LogP contribution in [0.4, 0.5) is 0 Å². The molecule has 6 nitrogen and oxygen atoms in total. The van der Waals surface area contributed by atoms with E-state index in [4.69, 9.17) is 10.5 Å². The summed E-state index contributed by atoms with van der Waals surface area (Å²) in [4.78, 5) is 20.4. The smallest absolute Gasteiger partial charge is 0.228 e. The second-order valence-corrected chi connectivity index (χ2v) is 5.93. The largest absolute Gasteiger partial charge is 0.381 e. The molecule has 118 valence electrons. The summed E-state index contributed by atoms with van der Waals surface area (Å²) in [7, 11) is 0. The van der Waals surface area contributed by atoms with Gasteiger partial charge in [0.05, 0.1) is 22.5 Å². The third-order valence-corrected chi connectivity index (χ3v) is 4.49. The molecule has 0 saturated carbocycles. The van der Waals surface area contributed by atoms with Gasteiger partial charge in [-0.15, -0.1) is 0 Å². The van der Waals surface area contributed by atoms with E-state index in [0.29, 0.717) is 32.6 Å². The van der Waals surface area contributed by atoms with E-state index in [1.54, 1.807) is 0 Å². The summed E-state index contributed by atoms with van der Waals surface area (Å²) >= 11 is 0. The first kappa shape index (κ1) is 15.0. The van der Waals surface area contributed by atoms with Crippen LogP contribution in [-0.4, -0.2) is 35.6 Å². The van der Waals surface area contributed by atoms with Crippen molar-refractivity contribution >= 4 is 16.9 Å². The zero-order valence-corrected chi connectivity index (χ0v) is 12.8. The van der Waals surface area contributed by atoms with E-state index in [2.05, 4.69) is 15.3 Å². The molecule has 1 aromatic carbocycles. The Hall–Kier alpha value is -1.92. The van der Waals surface area contributed by atoms with Gasteiger partial charge < -0.3 is 20.8 Å². The number of nitrogens with one attached hydrogen (secondary N) is 2. The summed E-state index contributed by atoms with van der Waals surface area (Å²) < 4.78 is 5.35. The molecule has 1 saturated heterocycles. The second-order valence-electron chi connectivity index (χ2n) is 5.93. The number of para-hydroxylation sites is 2. The van der Waals surface area contributed by atoms with Gasteiger partial charge in [-0.05, 0) is 31.9 Å². The molecule has 0 spiro atoms.